The lowest BCUT2D eigenvalue weighted by molar-refractivity contribution is -0.134. The first-order valence-corrected chi connectivity index (χ1v) is 11.2. The molecule has 0 aromatic heterocycles. The van der Waals surface area contributed by atoms with Crippen molar-refractivity contribution in [1.29, 1.82) is 0 Å². The van der Waals surface area contributed by atoms with Crippen molar-refractivity contribution in [3.8, 4) is 0 Å². The number of carbonyl (C=O) groups is 1. The fourth-order valence-electron chi connectivity index (χ4n) is 3.40. The normalized spacial score (nSPS) is 16.0. The van der Waals surface area contributed by atoms with Gasteiger partial charge in [-0.25, -0.2) is 17.2 Å². The number of anilines is 1. The minimum atomic E-state index is -4.20. The first-order chi connectivity index (χ1) is 14.2. The molecule has 1 unspecified atom stereocenters. The van der Waals surface area contributed by atoms with E-state index in [2.05, 4.69) is 4.72 Å². The summed E-state index contributed by atoms with van der Waals surface area (Å²) in [5.74, 6) is -1.85. The van der Waals surface area contributed by atoms with Gasteiger partial charge in [0.1, 0.15) is 22.6 Å². The molecule has 1 saturated heterocycles. The zero-order valence-corrected chi connectivity index (χ0v) is 17.7. The third-order valence-electron chi connectivity index (χ3n) is 5.12. The SMILES string of the molecule is CC(C)C(NS(=O)(=O)c1ccccc1F)C(=O)N1CCN(c2ccc(F)cc2)CC1. The maximum Gasteiger partial charge on any atom is 0.244 e. The van der Waals surface area contributed by atoms with Crippen LogP contribution in [0.1, 0.15) is 13.8 Å². The van der Waals surface area contributed by atoms with E-state index in [9.17, 15) is 22.0 Å². The van der Waals surface area contributed by atoms with Crippen molar-refractivity contribution >= 4 is 21.6 Å². The van der Waals surface area contributed by atoms with Gasteiger partial charge in [0, 0.05) is 31.9 Å². The summed E-state index contributed by atoms with van der Waals surface area (Å²) in [5, 5.41) is 0. The maximum absolute atomic E-state index is 14.0. The molecule has 2 aromatic carbocycles. The topological polar surface area (TPSA) is 69.7 Å². The van der Waals surface area contributed by atoms with E-state index in [4.69, 9.17) is 0 Å². The van der Waals surface area contributed by atoms with Gasteiger partial charge in [-0.2, -0.15) is 4.72 Å². The summed E-state index contributed by atoms with van der Waals surface area (Å²) in [7, 11) is -4.20. The Morgan fingerprint density at radius 2 is 1.57 bits per heavy atom. The van der Waals surface area contributed by atoms with E-state index in [1.165, 1.54) is 30.3 Å². The average Bonchev–Trinajstić information content (AvgIpc) is 2.72. The van der Waals surface area contributed by atoms with Gasteiger partial charge in [-0.3, -0.25) is 4.79 Å². The van der Waals surface area contributed by atoms with Crippen molar-refractivity contribution in [2.24, 2.45) is 5.92 Å². The molecule has 0 aliphatic carbocycles. The zero-order chi connectivity index (χ0) is 21.9. The number of halogens is 2. The summed E-state index contributed by atoms with van der Waals surface area (Å²) < 4.78 is 54.8. The second-order valence-corrected chi connectivity index (χ2v) is 9.24. The van der Waals surface area contributed by atoms with Gasteiger partial charge in [0.05, 0.1) is 0 Å². The molecule has 3 rings (SSSR count). The van der Waals surface area contributed by atoms with E-state index in [0.717, 1.165) is 11.8 Å². The van der Waals surface area contributed by atoms with Crippen LogP contribution in [0.5, 0.6) is 0 Å². The molecule has 1 atom stereocenters. The van der Waals surface area contributed by atoms with Crippen molar-refractivity contribution in [2.75, 3.05) is 31.1 Å². The van der Waals surface area contributed by atoms with Crippen LogP contribution in [0.2, 0.25) is 0 Å². The number of benzene rings is 2. The largest absolute Gasteiger partial charge is 0.368 e. The number of hydrogen-bond donors (Lipinski definition) is 1. The molecule has 0 saturated carbocycles. The Morgan fingerprint density at radius 1 is 0.967 bits per heavy atom. The Balaban J connectivity index is 1.69. The number of carbonyl (C=O) groups excluding carboxylic acids is 1. The predicted octanol–water partition coefficient (Wildman–Crippen LogP) is 2.62. The molecular weight excluding hydrogens is 412 g/mol. The number of sulfonamides is 1. The van der Waals surface area contributed by atoms with Gasteiger partial charge >= 0.3 is 0 Å². The van der Waals surface area contributed by atoms with Gasteiger partial charge in [-0.05, 0) is 42.3 Å². The highest BCUT2D eigenvalue weighted by Crippen LogP contribution is 2.20. The number of piperazine rings is 1. The average molecular weight is 438 g/mol. The van der Waals surface area contributed by atoms with Crippen LogP contribution in [0.4, 0.5) is 14.5 Å². The Hall–Kier alpha value is -2.52. The molecule has 1 fully saturated rings. The lowest BCUT2D eigenvalue weighted by atomic mass is 10.0. The van der Waals surface area contributed by atoms with Gasteiger partial charge in [-0.15, -0.1) is 0 Å². The van der Waals surface area contributed by atoms with Crippen molar-refractivity contribution in [2.45, 2.75) is 24.8 Å². The fraction of sp³-hybridized carbons (Fsp3) is 0.381. The van der Waals surface area contributed by atoms with Crippen LogP contribution in [0.25, 0.3) is 0 Å². The first-order valence-electron chi connectivity index (χ1n) is 9.75. The number of nitrogens with one attached hydrogen (secondary N) is 1. The highest BCUT2D eigenvalue weighted by molar-refractivity contribution is 7.89. The lowest BCUT2D eigenvalue weighted by Gasteiger charge is -2.38. The number of nitrogens with zero attached hydrogens (tertiary/aromatic N) is 2. The molecule has 1 aliphatic rings. The minimum absolute atomic E-state index is 0.311. The van der Waals surface area contributed by atoms with E-state index < -0.39 is 26.8 Å². The second-order valence-electron chi connectivity index (χ2n) is 7.56. The summed E-state index contributed by atoms with van der Waals surface area (Å²) in [6.45, 7) is 5.37. The molecule has 6 nitrogen and oxygen atoms in total. The Labute approximate surface area is 175 Å². The molecule has 1 N–H and O–H groups in total. The summed E-state index contributed by atoms with van der Waals surface area (Å²) in [6, 6.07) is 10.2. The molecule has 1 aliphatic heterocycles. The van der Waals surface area contributed by atoms with Gasteiger partial charge in [0.2, 0.25) is 15.9 Å². The molecule has 0 bridgehead atoms. The van der Waals surface area contributed by atoms with Crippen molar-refractivity contribution in [1.82, 2.24) is 9.62 Å². The summed E-state index contributed by atoms with van der Waals surface area (Å²) in [4.78, 5) is 16.2. The van der Waals surface area contributed by atoms with Crippen LogP contribution in [0.3, 0.4) is 0 Å². The van der Waals surface area contributed by atoms with Crippen LogP contribution >= 0.6 is 0 Å². The van der Waals surface area contributed by atoms with Gasteiger partial charge < -0.3 is 9.80 Å². The second kappa shape index (κ2) is 9.09. The van der Waals surface area contributed by atoms with E-state index in [0.29, 0.717) is 26.2 Å². The van der Waals surface area contributed by atoms with Gasteiger partial charge in [0.15, 0.2) is 0 Å². The maximum atomic E-state index is 14.0. The molecule has 1 heterocycles. The van der Waals surface area contributed by atoms with E-state index in [-0.39, 0.29) is 17.6 Å². The number of hydrogen-bond acceptors (Lipinski definition) is 4. The smallest absolute Gasteiger partial charge is 0.244 e. The highest BCUT2D eigenvalue weighted by atomic mass is 32.2. The summed E-state index contributed by atoms with van der Waals surface area (Å²) in [6.07, 6.45) is 0. The molecular formula is C21H25F2N3O3S. The Kier molecular flexibility index (Phi) is 6.72. The Morgan fingerprint density at radius 3 is 2.13 bits per heavy atom. The van der Waals surface area contributed by atoms with Crippen molar-refractivity contribution in [3.05, 3.63) is 60.2 Å². The number of rotatable bonds is 6. The van der Waals surface area contributed by atoms with Crippen LogP contribution in [0.15, 0.2) is 53.4 Å². The Bertz CT molecular complexity index is 989. The third-order valence-corrected chi connectivity index (χ3v) is 6.60. The van der Waals surface area contributed by atoms with Crippen LogP contribution in [0, 0.1) is 17.6 Å². The van der Waals surface area contributed by atoms with Crippen LogP contribution in [-0.4, -0.2) is 51.4 Å². The monoisotopic (exact) mass is 437 g/mol. The minimum Gasteiger partial charge on any atom is -0.368 e. The zero-order valence-electron chi connectivity index (χ0n) is 16.9. The van der Waals surface area contributed by atoms with Crippen LogP contribution < -0.4 is 9.62 Å². The molecule has 162 valence electrons. The molecule has 1 amide bonds. The quantitative estimate of drug-likeness (QED) is 0.754. The van der Waals surface area contributed by atoms with Crippen molar-refractivity contribution in [3.63, 3.8) is 0 Å². The van der Waals surface area contributed by atoms with Gasteiger partial charge in [-0.1, -0.05) is 26.0 Å². The molecule has 0 spiro atoms. The fourth-order valence-corrected chi connectivity index (χ4v) is 4.82. The first kappa shape index (κ1) is 22.2. The van der Waals surface area contributed by atoms with Crippen LogP contribution in [-0.2, 0) is 14.8 Å². The molecule has 9 heteroatoms. The molecule has 0 radical (unpaired) electrons. The third kappa shape index (κ3) is 4.96. The van der Waals surface area contributed by atoms with E-state index >= 15 is 0 Å². The summed E-state index contributed by atoms with van der Waals surface area (Å²) in [5.41, 5.74) is 0.865. The lowest BCUT2D eigenvalue weighted by Crippen LogP contribution is -2.56. The standard InChI is InChI=1S/C21H25F2N3O3S/c1-15(2)20(24-30(28,29)19-6-4-3-5-18(19)23)21(27)26-13-11-25(12-14-26)17-9-7-16(22)8-10-17/h3-10,15,20,24H,11-14H2,1-2H3. The van der Waals surface area contributed by atoms with E-state index in [1.54, 1.807) is 30.9 Å². The molecule has 30 heavy (non-hydrogen) atoms. The van der Waals surface area contributed by atoms with E-state index in [1.807, 2.05) is 4.90 Å². The highest BCUT2D eigenvalue weighted by Gasteiger charge is 2.33. The predicted molar refractivity (Wildman–Crippen MR) is 111 cm³/mol. The summed E-state index contributed by atoms with van der Waals surface area (Å²) >= 11 is 0. The van der Waals surface area contributed by atoms with Gasteiger partial charge in [0.25, 0.3) is 0 Å². The van der Waals surface area contributed by atoms with Crippen molar-refractivity contribution < 1.29 is 22.0 Å². The number of amides is 1. The molecule has 2 aromatic rings.